The second-order valence-corrected chi connectivity index (χ2v) is 6.83. The van der Waals surface area contributed by atoms with E-state index in [-0.39, 0.29) is 24.2 Å². The summed E-state index contributed by atoms with van der Waals surface area (Å²) in [6.07, 6.45) is 1.23. The zero-order chi connectivity index (χ0) is 13.8. The molecule has 18 heavy (non-hydrogen) atoms. The van der Waals surface area contributed by atoms with Gasteiger partial charge >= 0.3 is 5.97 Å². The van der Waals surface area contributed by atoms with Crippen molar-refractivity contribution >= 4 is 27.6 Å². The molecular formula is C11H20ClNO4S. The highest BCUT2D eigenvalue weighted by Crippen LogP contribution is 2.23. The zero-order valence-electron chi connectivity index (χ0n) is 10.8. The van der Waals surface area contributed by atoms with Gasteiger partial charge in [-0.05, 0) is 25.7 Å². The van der Waals surface area contributed by atoms with Crippen molar-refractivity contribution in [1.82, 2.24) is 4.31 Å². The summed E-state index contributed by atoms with van der Waals surface area (Å²) in [6, 6.07) is -0.655. The quantitative estimate of drug-likeness (QED) is 0.546. The highest BCUT2D eigenvalue weighted by molar-refractivity contribution is 7.89. The van der Waals surface area contributed by atoms with E-state index in [1.807, 2.05) is 0 Å². The average molecular weight is 298 g/mol. The fraction of sp³-hybridized carbons (Fsp3) is 0.909. The summed E-state index contributed by atoms with van der Waals surface area (Å²) < 4.78 is 30.5. The first-order valence-electron chi connectivity index (χ1n) is 6.14. The van der Waals surface area contributed by atoms with Gasteiger partial charge in [0.15, 0.2) is 0 Å². The molecule has 0 bridgehead atoms. The van der Waals surface area contributed by atoms with Gasteiger partial charge in [-0.3, -0.25) is 4.79 Å². The summed E-state index contributed by atoms with van der Waals surface area (Å²) in [5.74, 6) is -0.305. The molecule has 0 N–H and O–H groups in total. The number of rotatable bonds is 6. The largest absolute Gasteiger partial charge is 0.465 e. The summed E-state index contributed by atoms with van der Waals surface area (Å²) in [5, 5.41) is 0. The second-order valence-electron chi connectivity index (χ2n) is 4.56. The lowest BCUT2D eigenvalue weighted by atomic mass is 10.2. The van der Waals surface area contributed by atoms with Crippen LogP contribution in [0.4, 0.5) is 0 Å². The maximum Gasteiger partial charge on any atom is 0.324 e. The molecule has 2 unspecified atom stereocenters. The van der Waals surface area contributed by atoms with Gasteiger partial charge in [0, 0.05) is 12.4 Å². The number of alkyl halides is 1. The highest BCUT2D eigenvalue weighted by Gasteiger charge is 2.39. The van der Waals surface area contributed by atoms with E-state index in [1.54, 1.807) is 13.8 Å². The van der Waals surface area contributed by atoms with E-state index in [9.17, 15) is 13.2 Å². The molecule has 0 aliphatic carbocycles. The van der Waals surface area contributed by atoms with E-state index >= 15 is 0 Å². The first-order valence-corrected chi connectivity index (χ1v) is 8.28. The third kappa shape index (κ3) is 3.83. The van der Waals surface area contributed by atoms with Gasteiger partial charge in [0.2, 0.25) is 10.0 Å². The molecule has 7 heteroatoms. The molecule has 1 aliphatic rings. The maximum atomic E-state index is 12.2. The Balaban J connectivity index is 2.77. The normalized spacial score (nSPS) is 22.9. The average Bonchev–Trinajstić information content (AvgIpc) is 2.78. The molecule has 0 aromatic heterocycles. The SMILES string of the molecule is CCOC(=O)C1CCCN1S(=O)(=O)CC(C)CCl. The van der Waals surface area contributed by atoms with E-state index in [0.717, 1.165) is 0 Å². The molecule has 1 heterocycles. The summed E-state index contributed by atoms with van der Waals surface area (Å²) in [6.45, 7) is 4.14. The molecule has 0 aromatic carbocycles. The molecule has 0 saturated carbocycles. The number of ether oxygens (including phenoxy) is 1. The second kappa shape index (κ2) is 6.73. The van der Waals surface area contributed by atoms with Crippen LogP contribution in [-0.2, 0) is 19.6 Å². The third-order valence-corrected chi connectivity index (χ3v) is 5.55. The van der Waals surface area contributed by atoms with Crippen LogP contribution in [0.15, 0.2) is 0 Å². The Kier molecular flexibility index (Phi) is 5.88. The molecule has 1 saturated heterocycles. The van der Waals surface area contributed by atoms with Gasteiger partial charge in [-0.2, -0.15) is 4.31 Å². The minimum atomic E-state index is -3.44. The van der Waals surface area contributed by atoms with E-state index < -0.39 is 22.0 Å². The first kappa shape index (κ1) is 15.7. The van der Waals surface area contributed by atoms with Crippen LogP contribution in [0.3, 0.4) is 0 Å². The minimum Gasteiger partial charge on any atom is -0.465 e. The van der Waals surface area contributed by atoms with Gasteiger partial charge in [0.1, 0.15) is 6.04 Å². The monoisotopic (exact) mass is 297 g/mol. The number of halogens is 1. The Labute approximate surface area is 113 Å². The van der Waals surface area contributed by atoms with Gasteiger partial charge in [0.25, 0.3) is 0 Å². The van der Waals surface area contributed by atoms with Crippen LogP contribution < -0.4 is 0 Å². The fourth-order valence-corrected chi connectivity index (χ4v) is 4.30. The number of carbonyl (C=O) groups excluding carboxylic acids is 1. The predicted octanol–water partition coefficient (Wildman–Crippen LogP) is 1.22. The van der Waals surface area contributed by atoms with E-state index in [1.165, 1.54) is 4.31 Å². The van der Waals surface area contributed by atoms with Crippen LogP contribution in [-0.4, -0.2) is 49.5 Å². The van der Waals surface area contributed by atoms with Crippen LogP contribution in [0, 0.1) is 5.92 Å². The lowest BCUT2D eigenvalue weighted by Crippen LogP contribution is -2.43. The molecule has 0 radical (unpaired) electrons. The van der Waals surface area contributed by atoms with Gasteiger partial charge in [-0.15, -0.1) is 11.6 Å². The maximum absolute atomic E-state index is 12.2. The van der Waals surface area contributed by atoms with E-state index in [0.29, 0.717) is 19.4 Å². The number of sulfonamides is 1. The molecule has 0 spiro atoms. The molecular weight excluding hydrogens is 278 g/mol. The van der Waals surface area contributed by atoms with Crippen LogP contribution in [0.25, 0.3) is 0 Å². The van der Waals surface area contributed by atoms with Crippen LogP contribution in [0.5, 0.6) is 0 Å². The number of esters is 1. The van der Waals surface area contributed by atoms with Crippen LogP contribution in [0.2, 0.25) is 0 Å². The molecule has 106 valence electrons. The van der Waals surface area contributed by atoms with Crippen molar-refractivity contribution in [2.45, 2.75) is 32.7 Å². The number of hydrogen-bond donors (Lipinski definition) is 0. The molecule has 0 aromatic rings. The lowest BCUT2D eigenvalue weighted by Gasteiger charge is -2.23. The smallest absolute Gasteiger partial charge is 0.324 e. The predicted molar refractivity (Wildman–Crippen MR) is 70.0 cm³/mol. The standard InChI is InChI=1S/C11H20ClNO4S/c1-3-17-11(14)10-5-4-6-13(10)18(15,16)8-9(2)7-12/h9-10H,3-8H2,1-2H3. The highest BCUT2D eigenvalue weighted by atomic mass is 35.5. The summed E-state index contributed by atoms with van der Waals surface area (Å²) in [5.41, 5.74) is 0. The van der Waals surface area contributed by atoms with E-state index in [4.69, 9.17) is 16.3 Å². The Hall–Kier alpha value is -0.330. The Morgan fingerprint density at radius 1 is 1.56 bits per heavy atom. The van der Waals surface area contributed by atoms with Crippen LogP contribution >= 0.6 is 11.6 Å². The molecule has 1 fully saturated rings. The van der Waals surface area contributed by atoms with Crippen molar-refractivity contribution < 1.29 is 17.9 Å². The van der Waals surface area contributed by atoms with Gasteiger partial charge in [0.05, 0.1) is 12.4 Å². The minimum absolute atomic E-state index is 0.0214. The summed E-state index contributed by atoms with van der Waals surface area (Å²) >= 11 is 5.64. The van der Waals surface area contributed by atoms with E-state index in [2.05, 4.69) is 0 Å². The zero-order valence-corrected chi connectivity index (χ0v) is 12.3. The molecule has 1 rings (SSSR count). The molecule has 0 amide bonds. The van der Waals surface area contributed by atoms with Crippen LogP contribution in [0.1, 0.15) is 26.7 Å². The molecule has 1 aliphatic heterocycles. The third-order valence-electron chi connectivity index (χ3n) is 2.88. The number of nitrogens with zero attached hydrogens (tertiary/aromatic N) is 1. The Morgan fingerprint density at radius 2 is 2.22 bits per heavy atom. The Morgan fingerprint density at radius 3 is 2.78 bits per heavy atom. The van der Waals surface area contributed by atoms with Gasteiger partial charge in [-0.1, -0.05) is 6.92 Å². The molecule has 2 atom stereocenters. The summed E-state index contributed by atoms with van der Waals surface area (Å²) in [4.78, 5) is 11.7. The van der Waals surface area contributed by atoms with Crippen molar-refractivity contribution in [2.24, 2.45) is 5.92 Å². The first-order chi connectivity index (χ1) is 8.42. The lowest BCUT2D eigenvalue weighted by molar-refractivity contribution is -0.146. The number of hydrogen-bond acceptors (Lipinski definition) is 4. The topological polar surface area (TPSA) is 63.7 Å². The van der Waals surface area contributed by atoms with Gasteiger partial charge in [-0.25, -0.2) is 8.42 Å². The summed E-state index contributed by atoms with van der Waals surface area (Å²) in [7, 11) is -3.44. The number of carbonyl (C=O) groups is 1. The van der Waals surface area contributed by atoms with Gasteiger partial charge < -0.3 is 4.74 Å². The van der Waals surface area contributed by atoms with Crippen molar-refractivity contribution in [3.05, 3.63) is 0 Å². The van der Waals surface area contributed by atoms with Crippen molar-refractivity contribution in [2.75, 3.05) is 24.8 Å². The fourth-order valence-electron chi connectivity index (χ4n) is 2.05. The van der Waals surface area contributed by atoms with Crippen molar-refractivity contribution in [3.63, 3.8) is 0 Å². The van der Waals surface area contributed by atoms with Crippen molar-refractivity contribution in [1.29, 1.82) is 0 Å². The molecule has 5 nitrogen and oxygen atoms in total. The van der Waals surface area contributed by atoms with Crippen molar-refractivity contribution in [3.8, 4) is 0 Å². The Bertz CT molecular complexity index is 385.